The fraction of sp³-hybridized carbons (Fsp3) is 0.250. The van der Waals surface area contributed by atoms with Crippen molar-refractivity contribution in [2.75, 3.05) is 12.4 Å². The van der Waals surface area contributed by atoms with Crippen LogP contribution >= 0.6 is 0 Å². The summed E-state index contributed by atoms with van der Waals surface area (Å²) in [5.41, 5.74) is 2.60. The molecule has 0 aliphatic heterocycles. The molecule has 0 saturated heterocycles. The molecule has 0 heterocycles. The lowest BCUT2D eigenvalue weighted by atomic mass is 9.95. The summed E-state index contributed by atoms with van der Waals surface area (Å²) in [6.45, 7) is 6.46. The van der Waals surface area contributed by atoms with Crippen LogP contribution in [0, 0.1) is 5.41 Å². The monoisotopic (exact) mass is 309 g/mol. The van der Waals surface area contributed by atoms with Crippen LogP contribution in [-0.2, 0) is 0 Å². The van der Waals surface area contributed by atoms with Gasteiger partial charge in [0.05, 0.1) is 7.11 Å². The van der Waals surface area contributed by atoms with Crippen LogP contribution in [0.25, 0.3) is 6.08 Å². The Hall–Kier alpha value is -2.55. The predicted molar refractivity (Wildman–Crippen MR) is 95.9 cm³/mol. The van der Waals surface area contributed by atoms with Gasteiger partial charge in [0.25, 0.3) is 5.91 Å². The number of ether oxygens (including phenoxy) is 1. The molecule has 23 heavy (non-hydrogen) atoms. The van der Waals surface area contributed by atoms with E-state index in [1.807, 2.05) is 48.5 Å². The summed E-state index contributed by atoms with van der Waals surface area (Å²) in [5.74, 6) is 0.638. The average Bonchev–Trinajstić information content (AvgIpc) is 2.53. The summed E-state index contributed by atoms with van der Waals surface area (Å²) >= 11 is 0. The number of allylic oxidation sites excluding steroid dienone is 1. The first-order valence-electron chi connectivity index (χ1n) is 7.62. The number of benzene rings is 2. The Morgan fingerprint density at radius 2 is 1.61 bits per heavy atom. The number of amides is 1. The van der Waals surface area contributed by atoms with Crippen molar-refractivity contribution in [1.29, 1.82) is 0 Å². The van der Waals surface area contributed by atoms with Gasteiger partial charge in [-0.2, -0.15) is 0 Å². The molecule has 0 aromatic heterocycles. The first-order valence-corrected chi connectivity index (χ1v) is 7.62. The Kier molecular flexibility index (Phi) is 5.22. The largest absolute Gasteiger partial charge is 0.497 e. The highest BCUT2D eigenvalue weighted by Gasteiger charge is 2.07. The number of rotatable bonds is 4. The van der Waals surface area contributed by atoms with Crippen molar-refractivity contribution in [3.05, 3.63) is 65.7 Å². The van der Waals surface area contributed by atoms with Crippen molar-refractivity contribution in [3.8, 4) is 5.75 Å². The van der Waals surface area contributed by atoms with Gasteiger partial charge < -0.3 is 10.1 Å². The quantitative estimate of drug-likeness (QED) is 0.862. The molecule has 2 rings (SSSR count). The Labute approximate surface area is 138 Å². The van der Waals surface area contributed by atoms with Gasteiger partial charge in [-0.25, -0.2) is 0 Å². The van der Waals surface area contributed by atoms with Gasteiger partial charge in [0.2, 0.25) is 0 Å². The molecule has 3 heteroatoms. The van der Waals surface area contributed by atoms with Gasteiger partial charge >= 0.3 is 0 Å². The van der Waals surface area contributed by atoms with Crippen LogP contribution in [0.2, 0.25) is 0 Å². The highest BCUT2D eigenvalue weighted by molar-refractivity contribution is 6.04. The first kappa shape index (κ1) is 16.8. The third kappa shape index (κ3) is 5.29. The van der Waals surface area contributed by atoms with Gasteiger partial charge in [-0.15, -0.1) is 0 Å². The number of hydrogen-bond acceptors (Lipinski definition) is 2. The highest BCUT2D eigenvalue weighted by atomic mass is 16.5. The lowest BCUT2D eigenvalue weighted by Crippen LogP contribution is -2.11. The molecule has 0 fully saturated rings. The molecule has 120 valence electrons. The Balaban J connectivity index is 2.03. The zero-order valence-electron chi connectivity index (χ0n) is 14.1. The molecule has 2 aromatic rings. The zero-order valence-corrected chi connectivity index (χ0v) is 14.1. The van der Waals surface area contributed by atoms with Crippen molar-refractivity contribution < 1.29 is 9.53 Å². The van der Waals surface area contributed by atoms with Gasteiger partial charge in [0.1, 0.15) is 5.75 Å². The van der Waals surface area contributed by atoms with E-state index in [2.05, 4.69) is 38.2 Å². The van der Waals surface area contributed by atoms with Crippen LogP contribution in [0.5, 0.6) is 5.75 Å². The van der Waals surface area contributed by atoms with Crippen LogP contribution in [0.3, 0.4) is 0 Å². The van der Waals surface area contributed by atoms with Crippen LogP contribution < -0.4 is 10.1 Å². The minimum Gasteiger partial charge on any atom is -0.497 e. The van der Waals surface area contributed by atoms with Crippen molar-refractivity contribution in [1.82, 2.24) is 0 Å². The second-order valence-electron chi connectivity index (χ2n) is 6.50. The summed E-state index contributed by atoms with van der Waals surface area (Å²) in [5, 5.41) is 2.87. The van der Waals surface area contributed by atoms with E-state index < -0.39 is 0 Å². The molecule has 0 aliphatic rings. The zero-order chi connectivity index (χ0) is 16.9. The van der Waals surface area contributed by atoms with Crippen LogP contribution in [0.15, 0.2) is 54.6 Å². The van der Waals surface area contributed by atoms with Crippen molar-refractivity contribution in [2.45, 2.75) is 20.8 Å². The summed E-state index contributed by atoms with van der Waals surface area (Å²) < 4.78 is 5.10. The van der Waals surface area contributed by atoms with Crippen molar-refractivity contribution in [2.24, 2.45) is 5.41 Å². The number of nitrogens with one attached hydrogen (secondary N) is 1. The molecule has 2 aromatic carbocycles. The lowest BCUT2D eigenvalue weighted by molar-refractivity contribution is 0.102. The molecule has 0 spiro atoms. The average molecular weight is 309 g/mol. The molecule has 0 bridgehead atoms. The minimum absolute atomic E-state index is 0.124. The van der Waals surface area contributed by atoms with Crippen LogP contribution in [0.1, 0.15) is 36.7 Å². The summed E-state index contributed by atoms with van der Waals surface area (Å²) in [6.07, 6.45) is 4.23. The lowest BCUT2D eigenvalue weighted by Gasteiger charge is -2.11. The fourth-order valence-corrected chi connectivity index (χ4v) is 1.97. The number of anilines is 1. The number of hydrogen-bond donors (Lipinski definition) is 1. The van der Waals surface area contributed by atoms with Gasteiger partial charge in [-0.05, 0) is 47.4 Å². The molecule has 0 unspecified atom stereocenters. The second-order valence-corrected chi connectivity index (χ2v) is 6.50. The molecule has 1 N–H and O–H groups in total. The highest BCUT2D eigenvalue weighted by Crippen LogP contribution is 2.18. The van der Waals surface area contributed by atoms with E-state index in [0.29, 0.717) is 5.56 Å². The second kappa shape index (κ2) is 7.14. The minimum atomic E-state index is -0.124. The Morgan fingerprint density at radius 1 is 1.00 bits per heavy atom. The standard InChI is InChI=1S/C20H23NO2/c1-20(2,3)14-13-15-5-7-16(8-6-15)19(22)21-17-9-11-18(23-4)12-10-17/h5-14H,1-4H3,(H,21,22). The van der Waals surface area contributed by atoms with Crippen LogP contribution in [-0.4, -0.2) is 13.0 Å². The third-order valence-electron chi connectivity index (χ3n) is 3.30. The molecular weight excluding hydrogens is 286 g/mol. The molecular formula is C20H23NO2. The Bertz CT molecular complexity index is 677. The SMILES string of the molecule is COc1ccc(NC(=O)c2ccc(C=CC(C)(C)C)cc2)cc1. The normalized spacial score (nSPS) is 11.5. The fourth-order valence-electron chi connectivity index (χ4n) is 1.97. The molecule has 3 nitrogen and oxygen atoms in total. The first-order chi connectivity index (χ1) is 10.9. The van der Waals surface area contributed by atoms with Gasteiger partial charge in [0, 0.05) is 11.3 Å². The maximum atomic E-state index is 12.2. The number of carbonyl (C=O) groups excluding carboxylic acids is 1. The summed E-state index contributed by atoms with van der Waals surface area (Å²) in [7, 11) is 1.61. The molecule has 0 atom stereocenters. The van der Waals surface area contributed by atoms with E-state index in [1.165, 1.54) is 0 Å². The Morgan fingerprint density at radius 3 is 2.13 bits per heavy atom. The molecule has 0 saturated carbocycles. The van der Waals surface area contributed by atoms with Crippen LogP contribution in [0.4, 0.5) is 5.69 Å². The number of methoxy groups -OCH3 is 1. The predicted octanol–water partition coefficient (Wildman–Crippen LogP) is 5.01. The maximum Gasteiger partial charge on any atom is 0.255 e. The maximum absolute atomic E-state index is 12.2. The van der Waals surface area contributed by atoms with E-state index in [1.54, 1.807) is 7.11 Å². The van der Waals surface area contributed by atoms with Crippen molar-refractivity contribution in [3.63, 3.8) is 0 Å². The molecule has 0 aliphatic carbocycles. The topological polar surface area (TPSA) is 38.3 Å². The van der Waals surface area contributed by atoms with E-state index in [4.69, 9.17) is 4.74 Å². The summed E-state index contributed by atoms with van der Waals surface area (Å²) in [6, 6.07) is 14.8. The van der Waals surface area contributed by atoms with E-state index in [0.717, 1.165) is 17.0 Å². The van der Waals surface area contributed by atoms with E-state index >= 15 is 0 Å². The number of carbonyl (C=O) groups is 1. The van der Waals surface area contributed by atoms with Gasteiger partial charge in [-0.3, -0.25) is 4.79 Å². The third-order valence-corrected chi connectivity index (χ3v) is 3.30. The van der Waals surface area contributed by atoms with E-state index in [-0.39, 0.29) is 11.3 Å². The van der Waals surface area contributed by atoms with Crippen molar-refractivity contribution >= 4 is 17.7 Å². The smallest absolute Gasteiger partial charge is 0.255 e. The van der Waals surface area contributed by atoms with Gasteiger partial charge in [-0.1, -0.05) is 45.1 Å². The molecule has 0 radical (unpaired) electrons. The van der Waals surface area contributed by atoms with E-state index in [9.17, 15) is 4.79 Å². The summed E-state index contributed by atoms with van der Waals surface area (Å²) in [4.78, 5) is 12.2. The molecule has 1 amide bonds. The van der Waals surface area contributed by atoms with Gasteiger partial charge in [0.15, 0.2) is 0 Å².